The second kappa shape index (κ2) is 3.11. The molecule has 64 valence electrons. The Balaban J connectivity index is 2.27. The first-order chi connectivity index (χ1) is 5.79. The van der Waals surface area contributed by atoms with Gasteiger partial charge in [0, 0.05) is 17.0 Å². The lowest BCUT2D eigenvalue weighted by Gasteiger charge is -2.34. The molecule has 2 heteroatoms. The zero-order chi connectivity index (χ0) is 8.55. The summed E-state index contributed by atoms with van der Waals surface area (Å²) in [6.07, 6.45) is 0. The Bertz CT molecular complexity index is 285. The van der Waals surface area contributed by atoms with Crippen LogP contribution in [-0.4, -0.2) is 11.8 Å². The van der Waals surface area contributed by atoms with Crippen molar-refractivity contribution in [3.05, 3.63) is 35.4 Å². The van der Waals surface area contributed by atoms with Gasteiger partial charge < -0.3 is 5.73 Å². The van der Waals surface area contributed by atoms with Gasteiger partial charge in [0.2, 0.25) is 0 Å². The zero-order valence-corrected chi connectivity index (χ0v) is 7.97. The van der Waals surface area contributed by atoms with Crippen molar-refractivity contribution in [2.75, 3.05) is 5.75 Å². The predicted octanol–water partition coefficient (Wildman–Crippen LogP) is 2.11. The van der Waals surface area contributed by atoms with Crippen LogP contribution in [0.5, 0.6) is 0 Å². The van der Waals surface area contributed by atoms with Crippen LogP contribution in [0.15, 0.2) is 24.3 Å². The molecular weight excluding hydrogens is 166 g/mol. The summed E-state index contributed by atoms with van der Waals surface area (Å²) in [5.41, 5.74) is 8.69. The van der Waals surface area contributed by atoms with Crippen LogP contribution in [0.4, 0.5) is 0 Å². The van der Waals surface area contributed by atoms with E-state index in [4.69, 9.17) is 5.73 Å². The second-order valence-electron chi connectivity index (χ2n) is 3.27. The molecule has 12 heavy (non-hydrogen) atoms. The summed E-state index contributed by atoms with van der Waals surface area (Å²) in [7, 11) is 0. The van der Waals surface area contributed by atoms with E-state index in [0.717, 1.165) is 5.75 Å². The van der Waals surface area contributed by atoms with Gasteiger partial charge in [0.05, 0.1) is 0 Å². The number of rotatable bonds is 1. The normalized spacial score (nSPS) is 28.2. The van der Waals surface area contributed by atoms with Crippen molar-refractivity contribution in [1.29, 1.82) is 0 Å². The molecule has 1 aromatic rings. The van der Waals surface area contributed by atoms with E-state index < -0.39 is 0 Å². The molecule has 2 N–H and O–H groups in total. The molecule has 1 nitrogen and oxygen atoms in total. The van der Waals surface area contributed by atoms with Crippen LogP contribution < -0.4 is 5.73 Å². The third kappa shape index (κ3) is 1.25. The third-order valence-electron chi connectivity index (χ3n) is 2.35. The number of aryl methyl sites for hydroxylation is 1. The standard InChI is InChI=1S/C10H13NS/c1-7-4-2-3-5-8(7)10-9(11)6-12-10/h2-5,9-10H,6,11H2,1H3. The zero-order valence-electron chi connectivity index (χ0n) is 7.16. The summed E-state index contributed by atoms with van der Waals surface area (Å²) in [5.74, 6) is 1.11. The van der Waals surface area contributed by atoms with Gasteiger partial charge >= 0.3 is 0 Å². The molecule has 0 aliphatic carbocycles. The molecule has 1 heterocycles. The molecule has 1 saturated heterocycles. The van der Waals surface area contributed by atoms with Gasteiger partial charge in [-0.25, -0.2) is 0 Å². The maximum atomic E-state index is 5.90. The van der Waals surface area contributed by atoms with Crippen LogP contribution in [-0.2, 0) is 0 Å². The number of hydrogen-bond acceptors (Lipinski definition) is 2. The summed E-state index contributed by atoms with van der Waals surface area (Å²) in [4.78, 5) is 0. The minimum atomic E-state index is 0.371. The van der Waals surface area contributed by atoms with E-state index in [2.05, 4.69) is 31.2 Å². The first kappa shape index (κ1) is 8.14. The van der Waals surface area contributed by atoms with Gasteiger partial charge in [-0.3, -0.25) is 0 Å². The number of nitrogens with two attached hydrogens (primary N) is 1. The van der Waals surface area contributed by atoms with Crippen LogP contribution in [0.1, 0.15) is 16.4 Å². The molecule has 0 radical (unpaired) electrons. The van der Waals surface area contributed by atoms with E-state index in [1.54, 1.807) is 0 Å². The fourth-order valence-corrected chi connectivity index (χ4v) is 2.58. The molecule has 1 aromatic carbocycles. The molecule has 1 aliphatic rings. The summed E-state index contributed by atoms with van der Waals surface area (Å²) < 4.78 is 0. The number of thioether (sulfide) groups is 1. The molecule has 0 saturated carbocycles. The van der Waals surface area contributed by atoms with Gasteiger partial charge in [-0.15, -0.1) is 0 Å². The van der Waals surface area contributed by atoms with Crippen LogP contribution in [0.25, 0.3) is 0 Å². The predicted molar refractivity (Wildman–Crippen MR) is 54.4 cm³/mol. The van der Waals surface area contributed by atoms with Crippen LogP contribution in [0, 0.1) is 6.92 Å². The Morgan fingerprint density at radius 1 is 1.42 bits per heavy atom. The molecule has 2 atom stereocenters. The van der Waals surface area contributed by atoms with Gasteiger partial charge in [0.1, 0.15) is 0 Å². The summed E-state index contributed by atoms with van der Waals surface area (Å²) in [6.45, 7) is 2.15. The first-order valence-corrected chi connectivity index (χ1v) is 5.26. The van der Waals surface area contributed by atoms with Gasteiger partial charge in [-0.2, -0.15) is 11.8 Å². The quantitative estimate of drug-likeness (QED) is 0.714. The van der Waals surface area contributed by atoms with E-state index in [9.17, 15) is 0 Å². The lowest BCUT2D eigenvalue weighted by molar-refractivity contribution is 0.684. The highest BCUT2D eigenvalue weighted by atomic mass is 32.2. The first-order valence-electron chi connectivity index (χ1n) is 4.22. The SMILES string of the molecule is Cc1ccccc1C1SCC1N. The van der Waals surface area contributed by atoms with Gasteiger partial charge in [0.25, 0.3) is 0 Å². The summed E-state index contributed by atoms with van der Waals surface area (Å²) in [6, 6.07) is 8.88. The fourth-order valence-electron chi connectivity index (χ4n) is 1.53. The molecule has 0 aromatic heterocycles. The lowest BCUT2D eigenvalue weighted by Crippen LogP contribution is -2.38. The molecule has 0 bridgehead atoms. The number of benzene rings is 1. The highest BCUT2D eigenvalue weighted by Crippen LogP contribution is 2.42. The average Bonchev–Trinajstić information content (AvgIpc) is 2.06. The van der Waals surface area contributed by atoms with Crippen molar-refractivity contribution >= 4 is 11.8 Å². The van der Waals surface area contributed by atoms with Crippen molar-refractivity contribution < 1.29 is 0 Å². The molecule has 2 unspecified atom stereocenters. The fraction of sp³-hybridized carbons (Fsp3) is 0.400. The Labute approximate surface area is 77.3 Å². The number of hydrogen-bond donors (Lipinski definition) is 1. The third-order valence-corrected chi connectivity index (χ3v) is 3.89. The van der Waals surface area contributed by atoms with Crippen LogP contribution >= 0.6 is 11.8 Å². The van der Waals surface area contributed by atoms with E-state index in [1.807, 2.05) is 11.8 Å². The van der Waals surface area contributed by atoms with Crippen molar-refractivity contribution in [3.63, 3.8) is 0 Å². The topological polar surface area (TPSA) is 26.0 Å². The maximum Gasteiger partial charge on any atom is 0.0459 e. The Hall–Kier alpha value is -0.470. The summed E-state index contributed by atoms with van der Waals surface area (Å²) in [5, 5.41) is 0.547. The average molecular weight is 179 g/mol. The van der Waals surface area contributed by atoms with Crippen molar-refractivity contribution in [1.82, 2.24) is 0 Å². The van der Waals surface area contributed by atoms with E-state index in [-0.39, 0.29) is 0 Å². The minimum Gasteiger partial charge on any atom is -0.326 e. The lowest BCUT2D eigenvalue weighted by atomic mass is 10.0. The van der Waals surface area contributed by atoms with Crippen LogP contribution in [0.3, 0.4) is 0 Å². The minimum absolute atomic E-state index is 0.371. The molecule has 0 amide bonds. The van der Waals surface area contributed by atoms with Crippen LogP contribution in [0.2, 0.25) is 0 Å². The molecular formula is C10H13NS. The van der Waals surface area contributed by atoms with Gasteiger partial charge in [-0.05, 0) is 18.1 Å². The van der Waals surface area contributed by atoms with Gasteiger partial charge in [0.15, 0.2) is 0 Å². The van der Waals surface area contributed by atoms with E-state index in [1.165, 1.54) is 11.1 Å². The Morgan fingerprint density at radius 3 is 2.67 bits per heavy atom. The largest absolute Gasteiger partial charge is 0.326 e. The Morgan fingerprint density at radius 2 is 2.17 bits per heavy atom. The smallest absolute Gasteiger partial charge is 0.0459 e. The van der Waals surface area contributed by atoms with Crippen molar-refractivity contribution in [2.45, 2.75) is 18.2 Å². The second-order valence-corrected chi connectivity index (χ2v) is 4.45. The maximum absolute atomic E-state index is 5.90. The van der Waals surface area contributed by atoms with Gasteiger partial charge in [-0.1, -0.05) is 24.3 Å². The highest BCUT2D eigenvalue weighted by Gasteiger charge is 2.30. The molecule has 2 rings (SSSR count). The van der Waals surface area contributed by atoms with Crippen molar-refractivity contribution in [3.8, 4) is 0 Å². The molecule has 1 aliphatic heterocycles. The molecule has 1 fully saturated rings. The van der Waals surface area contributed by atoms with E-state index >= 15 is 0 Å². The monoisotopic (exact) mass is 179 g/mol. The van der Waals surface area contributed by atoms with E-state index in [0.29, 0.717) is 11.3 Å². The summed E-state index contributed by atoms with van der Waals surface area (Å²) >= 11 is 1.96. The Kier molecular flexibility index (Phi) is 2.11. The highest BCUT2D eigenvalue weighted by molar-refractivity contribution is 8.01. The molecule has 0 spiro atoms. The van der Waals surface area contributed by atoms with Crippen molar-refractivity contribution in [2.24, 2.45) is 5.73 Å².